The van der Waals surface area contributed by atoms with E-state index < -0.39 is 6.10 Å². The molecular formula is C59H106O6. The zero-order valence-corrected chi connectivity index (χ0v) is 43.3. The molecule has 1 atom stereocenters. The Hall–Kier alpha value is -2.63. The molecule has 0 aliphatic carbocycles. The quantitative estimate of drug-likeness (QED) is 0.0262. The number of carbonyl (C=O) groups excluding carboxylic acids is 3. The molecule has 0 amide bonds. The second-order valence-corrected chi connectivity index (χ2v) is 18.8. The number of rotatable bonds is 51. The van der Waals surface area contributed by atoms with E-state index >= 15 is 0 Å². The number of hydrogen-bond donors (Lipinski definition) is 0. The molecule has 0 aromatic heterocycles. The second-order valence-electron chi connectivity index (χ2n) is 18.8. The molecule has 6 nitrogen and oxygen atoms in total. The lowest BCUT2D eigenvalue weighted by Crippen LogP contribution is -2.30. The Morgan fingerprint density at radius 3 is 0.938 bits per heavy atom. The molecule has 0 saturated heterocycles. The van der Waals surface area contributed by atoms with Crippen molar-refractivity contribution in [2.45, 2.75) is 297 Å². The van der Waals surface area contributed by atoms with E-state index in [0.29, 0.717) is 25.7 Å². The summed E-state index contributed by atoms with van der Waals surface area (Å²) in [5, 5.41) is 0. The molecule has 0 N–H and O–H groups in total. The Bertz CT molecular complexity index is 1140. The normalized spacial score (nSPS) is 12.4. The van der Waals surface area contributed by atoms with Gasteiger partial charge < -0.3 is 14.2 Å². The summed E-state index contributed by atoms with van der Waals surface area (Å²) in [6, 6.07) is 0. The van der Waals surface area contributed by atoms with Gasteiger partial charge >= 0.3 is 17.9 Å². The zero-order chi connectivity index (χ0) is 47.2. The zero-order valence-electron chi connectivity index (χ0n) is 43.3. The van der Waals surface area contributed by atoms with Gasteiger partial charge in [-0.15, -0.1) is 0 Å². The van der Waals surface area contributed by atoms with Crippen molar-refractivity contribution in [2.24, 2.45) is 0 Å². The van der Waals surface area contributed by atoms with Crippen LogP contribution in [0.15, 0.2) is 48.6 Å². The number of allylic oxidation sites excluding steroid dienone is 8. The standard InChI is InChI=1S/C59H106O6/c1-4-7-10-13-16-19-22-25-27-29-31-34-37-40-43-46-49-52-58(61)64-55-56(54-63-57(60)51-48-45-42-39-36-33-24-21-18-15-12-9-6-3)65-59(62)53-50-47-44-41-38-35-32-30-28-26-23-20-17-14-11-8-5-2/h25-28,31,34,40,43,56H,4-24,29-30,32-33,35-39,41-42,44-55H2,1-3H3/b27-25-,28-26-,34-31-,43-40-/t56-/m0/s1. The van der Waals surface area contributed by atoms with Crippen LogP contribution in [0.5, 0.6) is 0 Å². The molecule has 65 heavy (non-hydrogen) atoms. The molecule has 0 aromatic carbocycles. The lowest BCUT2D eigenvalue weighted by molar-refractivity contribution is -0.167. The Morgan fingerprint density at radius 2 is 0.569 bits per heavy atom. The van der Waals surface area contributed by atoms with Gasteiger partial charge in [0, 0.05) is 19.3 Å². The molecule has 0 bridgehead atoms. The van der Waals surface area contributed by atoms with Crippen molar-refractivity contribution in [3.8, 4) is 0 Å². The predicted octanol–water partition coefficient (Wildman–Crippen LogP) is 18.7. The third-order valence-corrected chi connectivity index (χ3v) is 12.3. The highest BCUT2D eigenvalue weighted by molar-refractivity contribution is 5.71. The van der Waals surface area contributed by atoms with Gasteiger partial charge in [0.25, 0.3) is 0 Å². The summed E-state index contributed by atoms with van der Waals surface area (Å²) in [7, 11) is 0. The van der Waals surface area contributed by atoms with Crippen LogP contribution in [0.4, 0.5) is 0 Å². The molecule has 6 heteroatoms. The SMILES string of the molecule is CCCCCCCC/C=C\C/C=C\C/C=C\CCCC(=O)OC[C@H](COC(=O)CCCCCCCCCCCCCCC)OC(=O)CCCCCCCCC/C=C\CCCCCCCC. The van der Waals surface area contributed by atoms with Gasteiger partial charge in [-0.05, 0) is 77.0 Å². The third-order valence-electron chi connectivity index (χ3n) is 12.3. The van der Waals surface area contributed by atoms with Crippen LogP contribution < -0.4 is 0 Å². The third kappa shape index (κ3) is 52.2. The molecule has 0 fully saturated rings. The van der Waals surface area contributed by atoms with Gasteiger partial charge in [0.2, 0.25) is 0 Å². The Labute approximate surface area is 403 Å². The van der Waals surface area contributed by atoms with E-state index in [-0.39, 0.29) is 31.1 Å². The van der Waals surface area contributed by atoms with E-state index in [1.54, 1.807) is 0 Å². The van der Waals surface area contributed by atoms with Crippen molar-refractivity contribution in [2.75, 3.05) is 13.2 Å². The maximum Gasteiger partial charge on any atom is 0.306 e. The van der Waals surface area contributed by atoms with Crippen molar-refractivity contribution in [1.29, 1.82) is 0 Å². The molecule has 0 heterocycles. The Kier molecular flexibility index (Phi) is 51.8. The summed E-state index contributed by atoms with van der Waals surface area (Å²) in [5.41, 5.74) is 0. The number of ether oxygens (including phenoxy) is 3. The van der Waals surface area contributed by atoms with Gasteiger partial charge in [0.15, 0.2) is 6.10 Å². The molecule has 0 aliphatic rings. The smallest absolute Gasteiger partial charge is 0.306 e. The van der Waals surface area contributed by atoms with E-state index in [0.717, 1.165) is 57.8 Å². The van der Waals surface area contributed by atoms with Gasteiger partial charge in [0.05, 0.1) is 0 Å². The van der Waals surface area contributed by atoms with Crippen LogP contribution in [0.2, 0.25) is 0 Å². The monoisotopic (exact) mass is 911 g/mol. The summed E-state index contributed by atoms with van der Waals surface area (Å²) in [4.78, 5) is 38.1. The lowest BCUT2D eigenvalue weighted by atomic mass is 10.0. The first-order chi connectivity index (χ1) is 32.0. The molecule has 378 valence electrons. The Balaban J connectivity index is 4.43. The first-order valence-corrected chi connectivity index (χ1v) is 28.1. The molecule has 0 saturated carbocycles. The fraction of sp³-hybridized carbons (Fsp3) is 0.814. The molecule has 0 aromatic rings. The minimum absolute atomic E-state index is 0.0876. The van der Waals surface area contributed by atoms with Crippen molar-refractivity contribution in [3.63, 3.8) is 0 Å². The predicted molar refractivity (Wildman–Crippen MR) is 279 cm³/mol. The summed E-state index contributed by atoms with van der Waals surface area (Å²) in [6.45, 7) is 6.61. The summed E-state index contributed by atoms with van der Waals surface area (Å²) in [6.07, 6.45) is 65.3. The summed E-state index contributed by atoms with van der Waals surface area (Å²) >= 11 is 0. The van der Waals surface area contributed by atoms with Gasteiger partial charge in [0.1, 0.15) is 13.2 Å². The first-order valence-electron chi connectivity index (χ1n) is 28.1. The van der Waals surface area contributed by atoms with E-state index in [1.165, 1.54) is 186 Å². The van der Waals surface area contributed by atoms with E-state index in [4.69, 9.17) is 14.2 Å². The molecule has 0 aliphatic heterocycles. The number of unbranched alkanes of at least 4 members (excludes halogenated alkanes) is 32. The topological polar surface area (TPSA) is 78.9 Å². The van der Waals surface area contributed by atoms with Crippen LogP contribution in [0.1, 0.15) is 290 Å². The highest BCUT2D eigenvalue weighted by atomic mass is 16.6. The van der Waals surface area contributed by atoms with E-state index in [2.05, 4.69) is 69.4 Å². The second kappa shape index (κ2) is 54.0. The fourth-order valence-corrected chi connectivity index (χ4v) is 8.04. The maximum atomic E-state index is 12.8. The first kappa shape index (κ1) is 62.4. The molecule has 0 unspecified atom stereocenters. The average Bonchev–Trinajstić information content (AvgIpc) is 3.30. The Morgan fingerprint density at radius 1 is 0.308 bits per heavy atom. The van der Waals surface area contributed by atoms with Crippen molar-refractivity contribution in [3.05, 3.63) is 48.6 Å². The highest BCUT2D eigenvalue weighted by Gasteiger charge is 2.19. The molecule has 0 rings (SSSR count). The van der Waals surface area contributed by atoms with E-state index in [1.807, 2.05) is 0 Å². The van der Waals surface area contributed by atoms with Crippen molar-refractivity contribution >= 4 is 17.9 Å². The summed E-state index contributed by atoms with van der Waals surface area (Å²) in [5.74, 6) is -0.935. The van der Waals surface area contributed by atoms with Crippen LogP contribution >= 0.6 is 0 Å². The van der Waals surface area contributed by atoms with Crippen LogP contribution in [0.25, 0.3) is 0 Å². The van der Waals surface area contributed by atoms with Gasteiger partial charge in [-0.2, -0.15) is 0 Å². The van der Waals surface area contributed by atoms with Crippen LogP contribution in [-0.4, -0.2) is 37.2 Å². The number of hydrogen-bond acceptors (Lipinski definition) is 6. The number of esters is 3. The van der Waals surface area contributed by atoms with Crippen LogP contribution in [-0.2, 0) is 28.6 Å². The minimum atomic E-state index is -0.793. The molecular weight excluding hydrogens is 805 g/mol. The molecule has 0 radical (unpaired) electrons. The molecule has 0 spiro atoms. The van der Waals surface area contributed by atoms with Gasteiger partial charge in [-0.1, -0.05) is 243 Å². The van der Waals surface area contributed by atoms with Crippen LogP contribution in [0.3, 0.4) is 0 Å². The minimum Gasteiger partial charge on any atom is -0.462 e. The average molecular weight is 911 g/mol. The van der Waals surface area contributed by atoms with Crippen molar-refractivity contribution < 1.29 is 28.6 Å². The van der Waals surface area contributed by atoms with Gasteiger partial charge in [-0.3, -0.25) is 14.4 Å². The largest absolute Gasteiger partial charge is 0.462 e. The fourth-order valence-electron chi connectivity index (χ4n) is 8.04. The van der Waals surface area contributed by atoms with E-state index in [9.17, 15) is 14.4 Å². The number of carbonyl (C=O) groups is 3. The highest BCUT2D eigenvalue weighted by Crippen LogP contribution is 2.15. The van der Waals surface area contributed by atoms with Crippen molar-refractivity contribution in [1.82, 2.24) is 0 Å². The van der Waals surface area contributed by atoms with Gasteiger partial charge in [-0.25, -0.2) is 0 Å². The van der Waals surface area contributed by atoms with Crippen LogP contribution in [0, 0.1) is 0 Å². The maximum absolute atomic E-state index is 12.8. The lowest BCUT2D eigenvalue weighted by Gasteiger charge is -2.18. The summed E-state index contributed by atoms with van der Waals surface area (Å²) < 4.78 is 16.8.